The molecule has 0 fully saturated rings. The van der Waals surface area contributed by atoms with Gasteiger partial charge in [-0.15, -0.1) is 0 Å². The van der Waals surface area contributed by atoms with Crippen LogP contribution in [0.15, 0.2) is 243 Å². The molecule has 0 saturated carbocycles. The van der Waals surface area contributed by atoms with Crippen molar-refractivity contribution in [3.63, 3.8) is 0 Å². The molecular formula is C115H137F3N5+5. The van der Waals surface area contributed by atoms with E-state index in [1.165, 1.54) is 180 Å². The number of fused-ring (bicyclic) bond motifs is 5. The average Bonchev–Trinajstić information content (AvgIpc) is 0.843. The van der Waals surface area contributed by atoms with Crippen LogP contribution in [-0.4, -0.2) is 6.18 Å². The van der Waals surface area contributed by atoms with Crippen LogP contribution in [-0.2, 0) is 67.3 Å². The van der Waals surface area contributed by atoms with Crippen molar-refractivity contribution in [2.45, 2.75) is 204 Å². The largest absolute Gasteiger partial charge is 0.394 e. The zero-order valence-corrected chi connectivity index (χ0v) is 79.5. The number of hydrogen-bond acceptors (Lipinski definition) is 0. The van der Waals surface area contributed by atoms with E-state index in [9.17, 15) is 13.2 Å². The first-order valence-corrected chi connectivity index (χ1v) is 44.0. The van der Waals surface area contributed by atoms with Crippen LogP contribution in [0.3, 0.4) is 0 Å². The molecule has 5 aromatic heterocycles. The minimum atomic E-state index is -4.22. The maximum Gasteiger partial charge on any atom is 0.394 e. The molecule has 0 radical (unpaired) electrons. The number of pyridine rings is 5. The quantitative estimate of drug-likeness (QED) is 0.115. The van der Waals surface area contributed by atoms with E-state index < -0.39 is 11.6 Å². The number of aryl methyl sites for hydroxylation is 13. The summed E-state index contributed by atoms with van der Waals surface area (Å²) in [5, 5.41) is 6.41. The van der Waals surface area contributed by atoms with Gasteiger partial charge in [0.1, 0.15) is 35.2 Å². The molecule has 638 valence electrons. The van der Waals surface area contributed by atoms with Gasteiger partial charge >= 0.3 is 6.18 Å². The van der Waals surface area contributed by atoms with Crippen LogP contribution in [0.2, 0.25) is 0 Å². The molecule has 0 amide bonds. The van der Waals surface area contributed by atoms with Crippen molar-refractivity contribution in [2.24, 2.45) is 62.3 Å². The van der Waals surface area contributed by atoms with Crippen molar-refractivity contribution < 1.29 is 36.0 Å². The smallest absolute Gasteiger partial charge is 0.194 e. The third kappa shape index (κ3) is 22.2. The first kappa shape index (κ1) is 92.8. The molecule has 0 bridgehead atoms. The summed E-state index contributed by atoms with van der Waals surface area (Å²) in [5.41, 5.74) is 37.9. The zero-order valence-electron chi connectivity index (χ0n) is 79.5. The molecule has 8 heteroatoms. The third-order valence-corrected chi connectivity index (χ3v) is 24.4. The molecule has 15 aromatic rings. The number of alkyl halides is 3. The van der Waals surface area contributed by atoms with Gasteiger partial charge in [0.05, 0.1) is 5.41 Å². The van der Waals surface area contributed by atoms with Gasteiger partial charge < -0.3 is 0 Å². The fourth-order valence-corrected chi connectivity index (χ4v) is 17.7. The molecule has 15 rings (SSSR count). The number of benzene rings is 10. The van der Waals surface area contributed by atoms with Gasteiger partial charge in [0.25, 0.3) is 0 Å². The van der Waals surface area contributed by atoms with Crippen molar-refractivity contribution in [1.82, 2.24) is 0 Å². The molecule has 5 nitrogen and oxygen atoms in total. The molecule has 0 aliphatic rings. The molecule has 0 atom stereocenters. The summed E-state index contributed by atoms with van der Waals surface area (Å²) in [7, 11) is 10.7. The second-order valence-electron chi connectivity index (χ2n) is 40.6. The Morgan fingerprint density at radius 2 is 0.569 bits per heavy atom. The summed E-state index contributed by atoms with van der Waals surface area (Å²) in [4.78, 5) is 0. The van der Waals surface area contributed by atoms with E-state index in [1.807, 2.05) is 43.4 Å². The predicted octanol–water partition coefficient (Wildman–Crippen LogP) is 28.2. The summed E-state index contributed by atoms with van der Waals surface area (Å²) in [6, 6.07) is 87.2. The summed E-state index contributed by atoms with van der Waals surface area (Å²) < 4.78 is 51.0. The molecule has 0 unspecified atom stereocenters. The van der Waals surface area contributed by atoms with E-state index in [1.54, 1.807) is 6.07 Å². The van der Waals surface area contributed by atoms with E-state index in [4.69, 9.17) is 0 Å². The Morgan fingerprint density at radius 3 is 0.992 bits per heavy atom. The van der Waals surface area contributed by atoms with Gasteiger partial charge in [0.2, 0.25) is 56.1 Å². The van der Waals surface area contributed by atoms with E-state index in [2.05, 4.69) is 404 Å². The first-order chi connectivity index (χ1) is 57.6. The van der Waals surface area contributed by atoms with Gasteiger partial charge in [-0.1, -0.05) is 229 Å². The Bertz CT molecular complexity index is 6380. The number of hydrogen-bond donors (Lipinski definition) is 0. The average molecular weight is 1650 g/mol. The zero-order chi connectivity index (χ0) is 89.9. The van der Waals surface area contributed by atoms with Gasteiger partial charge in [-0.3, -0.25) is 0 Å². The molecule has 10 aromatic carbocycles. The topological polar surface area (TPSA) is 19.4 Å². The van der Waals surface area contributed by atoms with Crippen LogP contribution in [0.4, 0.5) is 13.2 Å². The Kier molecular flexibility index (Phi) is 28.1. The minimum absolute atomic E-state index is 0.0320. The lowest BCUT2D eigenvalue weighted by Crippen LogP contribution is -2.34. The van der Waals surface area contributed by atoms with E-state index in [0.29, 0.717) is 16.4 Å². The van der Waals surface area contributed by atoms with Crippen molar-refractivity contribution in [3.05, 3.63) is 326 Å². The molecule has 123 heavy (non-hydrogen) atoms. The van der Waals surface area contributed by atoms with Crippen molar-refractivity contribution in [2.75, 3.05) is 0 Å². The summed E-state index contributed by atoms with van der Waals surface area (Å²) in [5.74, 6) is 0. The molecule has 0 spiro atoms. The standard InChI is InChI=1S/2C24H30N.C23H28N.C22H23F3N.C22H26N/c1-16-13-17(2)18(3)21(14-16)23-12-11-20-19(15-24(4,5)6)9-8-10-22(20)25(23)7;1-16-12-17(2)18(3)21(13-16)23-14-19(15-24(4,5)6)20-10-8-9-11-22(20)25(23)7;1-16-10-11-17(2)20(14-16)22-13-12-19-18(15-23(3,4)5)8-7-9-21(19)24(22)6;1-15-7-5-6-8-18(15)20-12-10-17-13-16(9-11-19(17)26(20)4)14-21(2,3)22(23,24)25;1-16-9-6-7-11-18(16)21-14-13-19-17(15-22(2,3)4)10-8-12-20(19)23(21)5/h2*8-14H,15H2,1-7H3;7-14H,15H2,1-6H3;5-13H,14H2,1-4H3;6-14H,15H2,1-5H3/q5*+1. The summed E-state index contributed by atoms with van der Waals surface area (Å²) >= 11 is 0. The highest BCUT2D eigenvalue weighted by atomic mass is 19.4. The van der Waals surface area contributed by atoms with Crippen LogP contribution >= 0.6 is 0 Å². The number of aromatic nitrogens is 5. The fourth-order valence-electron chi connectivity index (χ4n) is 17.7. The molecule has 0 N–H and O–H groups in total. The van der Waals surface area contributed by atoms with Gasteiger partial charge in [-0.25, -0.2) is 0 Å². The van der Waals surface area contributed by atoms with Crippen molar-refractivity contribution in [3.8, 4) is 56.3 Å². The van der Waals surface area contributed by atoms with Crippen LogP contribution in [0.5, 0.6) is 0 Å². The molecule has 0 aliphatic carbocycles. The lowest BCUT2D eigenvalue weighted by atomic mass is 9.85. The van der Waals surface area contributed by atoms with E-state index in [-0.39, 0.29) is 17.3 Å². The Balaban J connectivity index is 0.000000150. The third-order valence-electron chi connectivity index (χ3n) is 24.4. The van der Waals surface area contributed by atoms with Crippen LogP contribution in [0.25, 0.3) is 111 Å². The lowest BCUT2D eigenvalue weighted by Gasteiger charge is -2.27. The first-order valence-electron chi connectivity index (χ1n) is 44.0. The fraction of sp³-hybridized carbons (Fsp3) is 0.348. The lowest BCUT2D eigenvalue weighted by molar-refractivity contribution is -0.633. The van der Waals surface area contributed by atoms with Gasteiger partial charge in [-0.2, -0.15) is 36.0 Å². The Hall–Kier alpha value is -11.0. The van der Waals surface area contributed by atoms with Gasteiger partial charge in [-0.05, 0) is 256 Å². The number of halogens is 3. The summed E-state index contributed by atoms with van der Waals surface area (Å²) in [6.07, 6.45) is 0.0930. The maximum atomic E-state index is 13.2. The van der Waals surface area contributed by atoms with Gasteiger partial charge in [0, 0.05) is 115 Å². The normalized spacial score (nSPS) is 12.1. The van der Waals surface area contributed by atoms with Crippen LogP contribution in [0, 0.1) is 96.3 Å². The number of para-hydroxylation sites is 1. The summed E-state index contributed by atoms with van der Waals surface area (Å²) in [6.45, 7) is 52.0. The Labute approximate surface area is 735 Å². The second-order valence-corrected chi connectivity index (χ2v) is 40.6. The SMILES string of the molecule is Cc1cc(C)c(C)c(-c2cc(CC(C)(C)C)c3ccccc3[n+]2C)c1.Cc1cc(C)c(C)c(-c2ccc3c(CC(C)(C)C)cccc3[n+]2C)c1.Cc1ccc(C)c(-c2ccc3c(CC(C)(C)C)cccc3[n+]2C)c1.Cc1ccccc1-c1ccc2c(CC(C)(C)C)cccc2[n+]1C.Cc1ccccc1-c1ccc2cc(CC(C)(C)C(F)(F)F)ccc2[n+]1C. The van der Waals surface area contributed by atoms with E-state index >= 15 is 0 Å². The highest BCUT2D eigenvalue weighted by molar-refractivity contribution is 5.86. The molecular weight excluding hydrogens is 1510 g/mol. The number of nitrogens with zero attached hydrogens (tertiary/aromatic N) is 5. The van der Waals surface area contributed by atoms with Crippen molar-refractivity contribution >= 4 is 54.5 Å². The van der Waals surface area contributed by atoms with Crippen LogP contribution < -0.4 is 22.8 Å². The van der Waals surface area contributed by atoms with Crippen LogP contribution in [0.1, 0.15) is 180 Å². The minimum Gasteiger partial charge on any atom is -0.194 e. The van der Waals surface area contributed by atoms with Crippen molar-refractivity contribution in [1.29, 1.82) is 0 Å². The Morgan fingerprint density at radius 1 is 0.236 bits per heavy atom. The maximum absolute atomic E-state index is 13.2. The van der Waals surface area contributed by atoms with Gasteiger partial charge in [0.15, 0.2) is 0 Å². The highest BCUT2D eigenvalue weighted by Crippen LogP contribution is 2.42. The number of rotatable bonds is 11. The molecule has 0 aliphatic heterocycles. The predicted molar refractivity (Wildman–Crippen MR) is 516 cm³/mol. The monoisotopic (exact) mass is 1650 g/mol. The highest BCUT2D eigenvalue weighted by Gasteiger charge is 2.47. The molecule has 5 heterocycles. The molecule has 0 saturated heterocycles. The van der Waals surface area contributed by atoms with E-state index in [0.717, 1.165) is 47.8 Å². The second kappa shape index (κ2) is 37.2.